The Kier molecular flexibility index (Phi) is 8.60. The zero-order valence-corrected chi connectivity index (χ0v) is 28.5. The summed E-state index contributed by atoms with van der Waals surface area (Å²) in [4.78, 5) is 27.1. The molecule has 15 atom stereocenters. The van der Waals surface area contributed by atoms with Gasteiger partial charge in [-0.25, -0.2) is 0 Å². The second kappa shape index (κ2) is 11.5. The zero-order chi connectivity index (χ0) is 34.5. The molecule has 5 aliphatic carbocycles. The molecule has 0 aromatic rings. The molecule has 0 spiro atoms. The molecule has 4 saturated carbocycles. The van der Waals surface area contributed by atoms with E-state index in [0.717, 1.165) is 19.3 Å². The normalized spacial score (nSPS) is 54.2. The summed E-state index contributed by atoms with van der Waals surface area (Å²) in [6.07, 6.45) is -0.0188. The minimum atomic E-state index is -1.69. The van der Waals surface area contributed by atoms with E-state index in [9.17, 15) is 45.3 Å². The third-order valence-corrected chi connectivity index (χ3v) is 15.5. The van der Waals surface area contributed by atoms with Crippen LogP contribution in [0.25, 0.3) is 0 Å². The highest BCUT2D eigenvalue weighted by Gasteiger charge is 2.71. The molecule has 11 nitrogen and oxygen atoms in total. The molecule has 0 radical (unpaired) electrons. The standard InChI is InChI=1S/C36H56O11/c1-31(18-38)12-14-36(30(45)47-28-27(42)26(41)25(40)21(17-37)46-28)15-13-33(3)19(20(36)16-31)6-7-22-32(2)10-9-24(39)35(5,29(43)44)23(32)8-11-34(22,33)4/h6,20-28,37-42H,7-18H2,1-5H3,(H,43,44)/t20-,21-,22+,23+,24-,25-,26+,27-,28+,31+,32+,33+,34+,35+,36-/m0/s1. The molecule has 6 rings (SSSR count). The van der Waals surface area contributed by atoms with Gasteiger partial charge in [-0.15, -0.1) is 0 Å². The maximum absolute atomic E-state index is 14.4. The second-order valence-corrected chi connectivity index (χ2v) is 17.4. The van der Waals surface area contributed by atoms with Gasteiger partial charge in [-0.1, -0.05) is 39.3 Å². The Hall–Kier alpha value is -1.60. The van der Waals surface area contributed by atoms with Crippen LogP contribution in [0.5, 0.6) is 0 Å². The fourth-order valence-electron chi connectivity index (χ4n) is 12.0. The van der Waals surface area contributed by atoms with Crippen LogP contribution in [0.4, 0.5) is 0 Å². The maximum atomic E-state index is 14.4. The number of aliphatic hydroxyl groups is 6. The zero-order valence-electron chi connectivity index (χ0n) is 28.5. The van der Waals surface area contributed by atoms with Crippen LogP contribution >= 0.6 is 0 Å². The molecular weight excluding hydrogens is 608 g/mol. The van der Waals surface area contributed by atoms with Crippen LogP contribution in [0.3, 0.4) is 0 Å². The van der Waals surface area contributed by atoms with Crippen molar-refractivity contribution in [3.05, 3.63) is 11.6 Å². The van der Waals surface area contributed by atoms with Crippen molar-refractivity contribution in [2.24, 2.45) is 50.2 Å². The van der Waals surface area contributed by atoms with Gasteiger partial charge >= 0.3 is 11.9 Å². The van der Waals surface area contributed by atoms with E-state index in [1.54, 1.807) is 6.92 Å². The summed E-state index contributed by atoms with van der Waals surface area (Å²) in [6.45, 7) is 10.0. The molecule has 1 aliphatic heterocycles. The second-order valence-electron chi connectivity index (χ2n) is 17.4. The van der Waals surface area contributed by atoms with Gasteiger partial charge in [-0.2, -0.15) is 0 Å². The van der Waals surface area contributed by atoms with Gasteiger partial charge in [0.1, 0.15) is 24.4 Å². The first-order chi connectivity index (χ1) is 21.9. The van der Waals surface area contributed by atoms with Gasteiger partial charge in [-0.3, -0.25) is 9.59 Å². The van der Waals surface area contributed by atoms with Crippen LogP contribution in [0.15, 0.2) is 11.6 Å². The molecule has 266 valence electrons. The van der Waals surface area contributed by atoms with Crippen molar-refractivity contribution in [1.82, 2.24) is 0 Å². The van der Waals surface area contributed by atoms with Gasteiger partial charge in [0.2, 0.25) is 6.29 Å². The number of hydrogen-bond acceptors (Lipinski definition) is 10. The number of fused-ring (bicyclic) bond motifs is 7. The minimum Gasteiger partial charge on any atom is -0.481 e. The van der Waals surface area contributed by atoms with Crippen molar-refractivity contribution >= 4 is 11.9 Å². The van der Waals surface area contributed by atoms with Crippen molar-refractivity contribution in [3.63, 3.8) is 0 Å². The summed E-state index contributed by atoms with van der Waals surface area (Å²) in [5.41, 5.74) is -2.23. The lowest BCUT2D eigenvalue weighted by Gasteiger charge is -2.71. The Morgan fingerprint density at radius 3 is 2.19 bits per heavy atom. The van der Waals surface area contributed by atoms with Crippen molar-refractivity contribution in [2.45, 2.75) is 136 Å². The van der Waals surface area contributed by atoms with E-state index in [1.165, 1.54) is 5.57 Å². The molecule has 0 amide bonds. The van der Waals surface area contributed by atoms with Gasteiger partial charge in [0.25, 0.3) is 0 Å². The summed E-state index contributed by atoms with van der Waals surface area (Å²) in [5, 5.41) is 72.9. The van der Waals surface area contributed by atoms with Crippen LogP contribution in [-0.4, -0.2) is 97.7 Å². The SMILES string of the molecule is C[C@@]1(CO)CC[C@]2(C(=O)O[C@H]3O[C@@H](CO)[C@H](O)[C@@H](O)[C@@H]3O)CC[C@]3(C)C(=CC[C@@H]4[C@@]5(C)CC[C@H](O)[C@](C)(C(=O)O)[C@@H]5CC[C@]43C)[C@@H]2C1. The number of carbonyl (C=O) groups excluding carboxylic acids is 1. The number of aliphatic carboxylic acids is 1. The molecule has 0 aromatic heterocycles. The highest BCUT2D eigenvalue weighted by Crippen LogP contribution is 2.76. The van der Waals surface area contributed by atoms with Crippen molar-refractivity contribution in [3.8, 4) is 0 Å². The Morgan fingerprint density at radius 1 is 0.872 bits per heavy atom. The Balaban J connectivity index is 1.37. The van der Waals surface area contributed by atoms with E-state index in [4.69, 9.17) is 9.47 Å². The van der Waals surface area contributed by atoms with E-state index in [0.29, 0.717) is 44.9 Å². The number of rotatable bonds is 5. The minimum absolute atomic E-state index is 0.0267. The third kappa shape index (κ3) is 4.69. The average Bonchev–Trinajstić information content (AvgIpc) is 3.03. The lowest BCUT2D eigenvalue weighted by Crippen LogP contribution is -2.66. The third-order valence-electron chi connectivity index (χ3n) is 15.5. The van der Waals surface area contributed by atoms with Gasteiger partial charge in [0.15, 0.2) is 0 Å². The first kappa shape index (κ1) is 35.2. The van der Waals surface area contributed by atoms with Crippen molar-refractivity contribution in [1.29, 1.82) is 0 Å². The molecule has 47 heavy (non-hydrogen) atoms. The number of hydrogen-bond donors (Lipinski definition) is 7. The fraction of sp³-hybridized carbons (Fsp3) is 0.889. The average molecular weight is 665 g/mol. The van der Waals surface area contributed by atoms with Crippen LogP contribution < -0.4 is 0 Å². The summed E-state index contributed by atoms with van der Waals surface area (Å²) >= 11 is 0. The first-order valence-corrected chi connectivity index (χ1v) is 17.6. The van der Waals surface area contributed by atoms with Crippen LogP contribution in [0.1, 0.15) is 98.8 Å². The van der Waals surface area contributed by atoms with Gasteiger partial charge < -0.3 is 45.2 Å². The van der Waals surface area contributed by atoms with Gasteiger partial charge in [0, 0.05) is 6.61 Å². The fourth-order valence-corrected chi connectivity index (χ4v) is 12.0. The summed E-state index contributed by atoms with van der Waals surface area (Å²) in [7, 11) is 0. The highest BCUT2D eigenvalue weighted by molar-refractivity contribution is 5.79. The summed E-state index contributed by atoms with van der Waals surface area (Å²) in [6, 6.07) is 0. The summed E-state index contributed by atoms with van der Waals surface area (Å²) in [5.74, 6) is -1.73. The van der Waals surface area contributed by atoms with Crippen LogP contribution in [0.2, 0.25) is 0 Å². The van der Waals surface area contributed by atoms with E-state index < -0.39 is 71.6 Å². The molecule has 1 heterocycles. The lowest BCUT2D eigenvalue weighted by molar-refractivity contribution is -0.297. The molecule has 0 bridgehead atoms. The molecule has 6 aliphatic rings. The molecule has 11 heteroatoms. The quantitative estimate of drug-likeness (QED) is 0.169. The van der Waals surface area contributed by atoms with E-state index in [2.05, 4.69) is 26.8 Å². The number of allylic oxidation sites excluding steroid dienone is 2. The number of esters is 1. The topological polar surface area (TPSA) is 194 Å². The number of carboxylic acid groups (broad SMARTS) is 1. The maximum Gasteiger partial charge on any atom is 0.315 e. The van der Waals surface area contributed by atoms with E-state index in [-0.39, 0.29) is 40.6 Å². The van der Waals surface area contributed by atoms with E-state index >= 15 is 0 Å². The number of ether oxygens (including phenoxy) is 2. The monoisotopic (exact) mass is 664 g/mol. The molecule has 0 aromatic carbocycles. The van der Waals surface area contributed by atoms with Crippen LogP contribution in [-0.2, 0) is 19.1 Å². The van der Waals surface area contributed by atoms with Gasteiger partial charge in [0.05, 0.1) is 23.5 Å². The Morgan fingerprint density at radius 2 is 1.55 bits per heavy atom. The number of carboxylic acids is 1. The molecular formula is C36H56O11. The lowest BCUT2D eigenvalue weighted by atomic mass is 9.33. The highest BCUT2D eigenvalue weighted by atomic mass is 16.7. The van der Waals surface area contributed by atoms with Crippen molar-refractivity contribution in [2.75, 3.05) is 13.2 Å². The van der Waals surface area contributed by atoms with Crippen LogP contribution in [0, 0.1) is 50.2 Å². The molecule has 5 fully saturated rings. The van der Waals surface area contributed by atoms with Gasteiger partial charge in [-0.05, 0) is 111 Å². The predicted molar refractivity (Wildman–Crippen MR) is 168 cm³/mol. The molecule has 0 unspecified atom stereocenters. The smallest absolute Gasteiger partial charge is 0.315 e. The Labute approximate surface area is 277 Å². The first-order valence-electron chi connectivity index (χ1n) is 17.6. The summed E-state index contributed by atoms with van der Waals surface area (Å²) < 4.78 is 11.5. The van der Waals surface area contributed by atoms with Crippen molar-refractivity contribution < 1.29 is 54.8 Å². The molecule has 7 N–H and O–H groups in total. The Bertz CT molecular complexity index is 1300. The van der Waals surface area contributed by atoms with E-state index in [1.807, 2.05) is 6.92 Å². The number of carbonyl (C=O) groups is 2. The molecule has 1 saturated heterocycles. The largest absolute Gasteiger partial charge is 0.481 e. The predicted octanol–water partition coefficient (Wildman–Crippen LogP) is 2.53. The number of aliphatic hydroxyl groups excluding tert-OH is 6.